The highest BCUT2D eigenvalue weighted by molar-refractivity contribution is 6.31. The highest BCUT2D eigenvalue weighted by Gasteiger charge is 2.08. The smallest absolute Gasteiger partial charge is 0.224 e. The van der Waals surface area contributed by atoms with Crippen LogP contribution in [0, 0.1) is 5.82 Å². The number of rotatable bonds is 6. The predicted molar refractivity (Wildman–Crippen MR) is 90.8 cm³/mol. The van der Waals surface area contributed by atoms with Crippen LogP contribution in [0.4, 0.5) is 4.39 Å². The first-order valence-corrected chi connectivity index (χ1v) is 7.75. The zero-order valence-corrected chi connectivity index (χ0v) is 14.0. The molecule has 0 aliphatic rings. The number of hydrogen-bond donors (Lipinski definition) is 1. The second-order valence-electron chi connectivity index (χ2n) is 5.75. The van der Waals surface area contributed by atoms with E-state index in [-0.39, 0.29) is 17.4 Å². The van der Waals surface area contributed by atoms with Crippen molar-refractivity contribution in [3.8, 4) is 0 Å². The van der Waals surface area contributed by atoms with Crippen molar-refractivity contribution in [2.24, 2.45) is 0 Å². The maximum Gasteiger partial charge on any atom is 0.224 e. The summed E-state index contributed by atoms with van der Waals surface area (Å²) in [5.74, 6) is -0.548. The number of carbonyl (C=O) groups excluding carboxylic acids is 1. The molecule has 0 aliphatic carbocycles. The van der Waals surface area contributed by atoms with Gasteiger partial charge in [0, 0.05) is 18.1 Å². The molecule has 1 amide bonds. The van der Waals surface area contributed by atoms with E-state index in [0.717, 1.165) is 12.1 Å². The number of hydrogen-bond acceptors (Lipinski definition) is 2. The summed E-state index contributed by atoms with van der Waals surface area (Å²) in [6.07, 6.45) is 0.135. The Bertz CT molecular complexity index is 688. The van der Waals surface area contributed by atoms with Gasteiger partial charge in [0.25, 0.3) is 0 Å². The molecule has 5 heteroatoms. The van der Waals surface area contributed by atoms with Gasteiger partial charge in [-0.2, -0.15) is 0 Å². The van der Waals surface area contributed by atoms with Gasteiger partial charge in [0.15, 0.2) is 0 Å². The van der Waals surface area contributed by atoms with Crippen molar-refractivity contribution in [1.82, 2.24) is 10.2 Å². The zero-order valence-electron chi connectivity index (χ0n) is 13.3. The lowest BCUT2D eigenvalue weighted by atomic mass is 10.1. The Morgan fingerprint density at radius 2 is 1.91 bits per heavy atom. The lowest BCUT2D eigenvalue weighted by Crippen LogP contribution is -2.24. The molecule has 0 saturated heterocycles. The van der Waals surface area contributed by atoms with Crippen molar-refractivity contribution >= 4 is 17.5 Å². The van der Waals surface area contributed by atoms with Crippen LogP contribution in [0.25, 0.3) is 0 Å². The third kappa shape index (κ3) is 5.66. The molecule has 2 aromatic carbocycles. The van der Waals surface area contributed by atoms with Crippen molar-refractivity contribution in [2.75, 3.05) is 14.1 Å². The molecule has 1 N–H and O–H groups in total. The Kier molecular flexibility index (Phi) is 6.13. The van der Waals surface area contributed by atoms with Gasteiger partial charge in [0.1, 0.15) is 5.82 Å². The Balaban J connectivity index is 1.91. The van der Waals surface area contributed by atoms with Crippen LogP contribution in [-0.2, 0) is 24.3 Å². The minimum Gasteiger partial charge on any atom is -0.352 e. The van der Waals surface area contributed by atoms with Crippen LogP contribution in [-0.4, -0.2) is 24.9 Å². The Labute approximate surface area is 141 Å². The summed E-state index contributed by atoms with van der Waals surface area (Å²) in [5, 5.41) is 3.14. The summed E-state index contributed by atoms with van der Waals surface area (Å²) < 4.78 is 13.0. The van der Waals surface area contributed by atoms with Crippen LogP contribution in [0.15, 0.2) is 42.5 Å². The van der Waals surface area contributed by atoms with Gasteiger partial charge in [-0.3, -0.25) is 4.79 Å². The van der Waals surface area contributed by atoms with Crippen molar-refractivity contribution in [3.63, 3.8) is 0 Å². The van der Waals surface area contributed by atoms with Gasteiger partial charge in [0.05, 0.1) is 6.42 Å². The summed E-state index contributed by atoms with van der Waals surface area (Å²) in [6.45, 7) is 1.31. The molecule has 0 unspecified atom stereocenters. The summed E-state index contributed by atoms with van der Waals surface area (Å²) in [4.78, 5) is 14.1. The fraction of sp³-hybridized carbons (Fsp3) is 0.278. The third-order valence-corrected chi connectivity index (χ3v) is 3.70. The molecule has 2 rings (SSSR count). The van der Waals surface area contributed by atoms with E-state index in [4.69, 9.17) is 11.6 Å². The van der Waals surface area contributed by atoms with E-state index in [2.05, 4.69) is 22.3 Å². The average Bonchev–Trinajstić information content (AvgIpc) is 2.48. The molecule has 3 nitrogen and oxygen atoms in total. The molecule has 0 saturated carbocycles. The van der Waals surface area contributed by atoms with Crippen molar-refractivity contribution in [3.05, 3.63) is 70.0 Å². The van der Waals surface area contributed by atoms with E-state index in [9.17, 15) is 9.18 Å². The molecule has 0 spiro atoms. The van der Waals surface area contributed by atoms with Gasteiger partial charge in [-0.05, 0) is 42.9 Å². The van der Waals surface area contributed by atoms with E-state index in [1.54, 1.807) is 0 Å². The average molecular weight is 335 g/mol. The quantitative estimate of drug-likeness (QED) is 0.878. The summed E-state index contributed by atoms with van der Waals surface area (Å²) in [5.41, 5.74) is 2.86. The molecule has 122 valence electrons. The van der Waals surface area contributed by atoms with Gasteiger partial charge in [0.2, 0.25) is 5.91 Å². The van der Waals surface area contributed by atoms with Crippen molar-refractivity contribution in [1.29, 1.82) is 0 Å². The molecule has 0 heterocycles. The topological polar surface area (TPSA) is 32.3 Å². The zero-order chi connectivity index (χ0) is 16.8. The number of halogens is 2. The van der Waals surface area contributed by atoms with Gasteiger partial charge in [-0.1, -0.05) is 41.9 Å². The van der Waals surface area contributed by atoms with Crippen LogP contribution in [0.1, 0.15) is 16.7 Å². The number of nitrogens with one attached hydrogen (secondary N) is 1. The highest BCUT2D eigenvalue weighted by Crippen LogP contribution is 2.17. The Morgan fingerprint density at radius 3 is 2.61 bits per heavy atom. The van der Waals surface area contributed by atoms with Crippen molar-refractivity contribution < 1.29 is 9.18 Å². The van der Waals surface area contributed by atoms with Crippen LogP contribution in [0.5, 0.6) is 0 Å². The summed E-state index contributed by atoms with van der Waals surface area (Å²) in [6, 6.07) is 12.2. The number of carbonyl (C=O) groups is 1. The molecular formula is C18H20ClFN2O. The van der Waals surface area contributed by atoms with Crippen molar-refractivity contribution in [2.45, 2.75) is 19.5 Å². The SMILES string of the molecule is CN(C)Cc1cccc(CNC(=O)Cc2ccc(F)cc2Cl)c1. The van der Waals surface area contributed by atoms with Gasteiger partial charge < -0.3 is 10.2 Å². The fourth-order valence-electron chi connectivity index (χ4n) is 2.30. The molecule has 0 fully saturated rings. The molecule has 0 aliphatic heterocycles. The van der Waals surface area contributed by atoms with E-state index in [1.807, 2.05) is 26.2 Å². The molecule has 23 heavy (non-hydrogen) atoms. The molecule has 2 aromatic rings. The maximum absolute atomic E-state index is 13.0. The number of amides is 1. The fourth-order valence-corrected chi connectivity index (χ4v) is 2.54. The lowest BCUT2D eigenvalue weighted by molar-refractivity contribution is -0.120. The largest absolute Gasteiger partial charge is 0.352 e. The third-order valence-electron chi connectivity index (χ3n) is 3.35. The number of nitrogens with zero attached hydrogens (tertiary/aromatic N) is 1. The first-order valence-electron chi connectivity index (χ1n) is 7.37. The van der Waals surface area contributed by atoms with Gasteiger partial charge in [-0.15, -0.1) is 0 Å². The van der Waals surface area contributed by atoms with Crippen LogP contribution in [0.3, 0.4) is 0 Å². The first-order chi connectivity index (χ1) is 10.9. The van der Waals surface area contributed by atoms with Crippen LogP contribution in [0.2, 0.25) is 5.02 Å². The van der Waals surface area contributed by atoms with Gasteiger partial charge in [-0.25, -0.2) is 4.39 Å². The van der Waals surface area contributed by atoms with E-state index in [1.165, 1.54) is 23.8 Å². The first kappa shape index (κ1) is 17.4. The summed E-state index contributed by atoms with van der Waals surface area (Å²) in [7, 11) is 4.03. The second kappa shape index (κ2) is 8.09. The lowest BCUT2D eigenvalue weighted by Gasteiger charge is -2.11. The molecule has 0 bridgehead atoms. The Hall–Kier alpha value is -1.91. The van der Waals surface area contributed by atoms with Gasteiger partial charge >= 0.3 is 0 Å². The second-order valence-corrected chi connectivity index (χ2v) is 6.15. The normalized spacial score (nSPS) is 10.8. The number of benzene rings is 2. The van der Waals surface area contributed by atoms with Crippen LogP contribution < -0.4 is 5.32 Å². The van der Waals surface area contributed by atoms with E-state index >= 15 is 0 Å². The molecule has 0 atom stereocenters. The standard InChI is InChI=1S/C18H20ClFN2O/c1-22(2)12-14-5-3-4-13(8-14)11-21-18(23)9-15-6-7-16(20)10-17(15)19/h3-8,10H,9,11-12H2,1-2H3,(H,21,23). The van der Waals surface area contributed by atoms with E-state index < -0.39 is 5.82 Å². The summed E-state index contributed by atoms with van der Waals surface area (Å²) >= 11 is 5.94. The molecular weight excluding hydrogens is 315 g/mol. The maximum atomic E-state index is 13.0. The minimum atomic E-state index is -0.406. The highest BCUT2D eigenvalue weighted by atomic mass is 35.5. The monoisotopic (exact) mass is 334 g/mol. The predicted octanol–water partition coefficient (Wildman–Crippen LogP) is 3.40. The van der Waals surface area contributed by atoms with E-state index in [0.29, 0.717) is 12.1 Å². The molecule has 0 aromatic heterocycles. The minimum absolute atomic E-state index is 0.135. The van der Waals surface area contributed by atoms with Crippen LogP contribution >= 0.6 is 11.6 Å². The Morgan fingerprint density at radius 1 is 1.17 bits per heavy atom. The molecule has 0 radical (unpaired) electrons.